The highest BCUT2D eigenvalue weighted by Crippen LogP contribution is 2.27. The summed E-state index contributed by atoms with van der Waals surface area (Å²) in [7, 11) is 0. The van der Waals surface area contributed by atoms with Crippen LogP contribution < -0.4 is 22.9 Å². The number of anilines is 1. The lowest BCUT2D eigenvalue weighted by atomic mass is 10.1. The van der Waals surface area contributed by atoms with E-state index in [1.807, 2.05) is 0 Å². The van der Waals surface area contributed by atoms with Crippen LogP contribution in [0.3, 0.4) is 0 Å². The van der Waals surface area contributed by atoms with E-state index in [4.69, 9.17) is 15.2 Å². The number of carbonyl (C=O) groups excluding carboxylic acids is 1. The van der Waals surface area contributed by atoms with Crippen LogP contribution in [0.4, 0.5) is 5.69 Å². The second kappa shape index (κ2) is 12.0. The zero-order valence-electron chi connectivity index (χ0n) is 14.3. The third-order valence-corrected chi connectivity index (χ3v) is 3.54. The molecule has 0 aromatic heterocycles. The molecule has 0 saturated carbocycles. The summed E-state index contributed by atoms with van der Waals surface area (Å²) in [5, 5.41) is 0. The smallest absolute Gasteiger partial charge is 0.342 e. The van der Waals surface area contributed by atoms with Crippen molar-refractivity contribution >= 4 is 11.7 Å². The van der Waals surface area contributed by atoms with Gasteiger partial charge in [-0.15, -0.1) is 0 Å². The third-order valence-electron chi connectivity index (χ3n) is 3.54. The number of hydrogen-bond acceptors (Lipinski definition) is 5. The number of likely N-dealkylation sites (N-methyl/N-ethyl adjacent to an activating group) is 1. The molecule has 0 atom stereocenters. The zero-order valence-corrected chi connectivity index (χ0v) is 15.1. The van der Waals surface area contributed by atoms with Gasteiger partial charge in [0, 0.05) is 6.54 Å². The summed E-state index contributed by atoms with van der Waals surface area (Å²) in [5.41, 5.74) is 6.79. The Balaban J connectivity index is 0.00000484. The number of nitrogens with two attached hydrogens (primary N) is 1. The molecule has 132 valence electrons. The molecule has 5 nitrogen and oxygen atoms in total. The largest absolute Gasteiger partial charge is 1.00 e. The van der Waals surface area contributed by atoms with Gasteiger partial charge < -0.3 is 32.5 Å². The minimum Gasteiger partial charge on any atom is -1.00 e. The summed E-state index contributed by atoms with van der Waals surface area (Å²) in [5.74, 6) is 0.0507. The molecule has 0 spiro atoms. The van der Waals surface area contributed by atoms with E-state index in [-0.39, 0.29) is 18.4 Å². The van der Waals surface area contributed by atoms with Crippen molar-refractivity contribution in [2.24, 2.45) is 0 Å². The Hall–Kier alpha value is -1.46. The average Bonchev–Trinajstić information content (AvgIpc) is 2.53. The number of halogens is 1. The lowest BCUT2D eigenvalue weighted by Crippen LogP contribution is -3.00. The quantitative estimate of drug-likeness (QED) is 0.366. The molecule has 1 aromatic carbocycles. The van der Waals surface area contributed by atoms with Gasteiger partial charge >= 0.3 is 5.97 Å². The summed E-state index contributed by atoms with van der Waals surface area (Å²) in [6, 6.07) is 5.16. The highest BCUT2D eigenvalue weighted by molar-refractivity contribution is 5.94. The van der Waals surface area contributed by atoms with Crippen molar-refractivity contribution in [3.8, 4) is 5.75 Å². The van der Waals surface area contributed by atoms with Crippen molar-refractivity contribution in [1.82, 2.24) is 4.90 Å². The average molecular weight is 344 g/mol. The predicted octanol–water partition coefficient (Wildman–Crippen LogP) is -0.0497. The highest BCUT2D eigenvalue weighted by Gasteiger charge is 2.16. The third kappa shape index (κ3) is 7.10. The van der Waals surface area contributed by atoms with E-state index in [1.165, 1.54) is 0 Å². The van der Waals surface area contributed by atoms with Gasteiger partial charge in [-0.3, -0.25) is 0 Å². The maximum absolute atomic E-state index is 12.2. The van der Waals surface area contributed by atoms with Crippen LogP contribution in [0.1, 0.15) is 44.0 Å². The minimum atomic E-state index is -0.383. The van der Waals surface area contributed by atoms with Gasteiger partial charge in [-0.2, -0.15) is 0 Å². The topological polar surface area (TPSA) is 64.8 Å². The fourth-order valence-electron chi connectivity index (χ4n) is 2.08. The van der Waals surface area contributed by atoms with Crippen LogP contribution in [-0.2, 0) is 4.74 Å². The van der Waals surface area contributed by atoms with Gasteiger partial charge in [0.2, 0.25) is 0 Å². The van der Waals surface area contributed by atoms with Crippen LogP contribution in [-0.4, -0.2) is 43.7 Å². The van der Waals surface area contributed by atoms with Gasteiger partial charge in [0.05, 0.1) is 12.3 Å². The van der Waals surface area contributed by atoms with Gasteiger partial charge in [-0.25, -0.2) is 4.79 Å². The van der Waals surface area contributed by atoms with E-state index in [9.17, 15) is 4.79 Å². The number of esters is 1. The number of ether oxygens (including phenoxy) is 2. The first kappa shape index (κ1) is 21.5. The van der Waals surface area contributed by atoms with E-state index in [0.29, 0.717) is 30.2 Å². The molecule has 0 aliphatic heterocycles. The van der Waals surface area contributed by atoms with Crippen LogP contribution in [0.2, 0.25) is 0 Å². The van der Waals surface area contributed by atoms with Gasteiger partial charge in [-0.1, -0.05) is 33.3 Å². The van der Waals surface area contributed by atoms with Crippen molar-refractivity contribution in [2.75, 3.05) is 38.6 Å². The van der Waals surface area contributed by atoms with E-state index in [0.717, 1.165) is 32.5 Å². The summed E-state index contributed by atoms with van der Waals surface area (Å²) in [4.78, 5) is 14.4. The summed E-state index contributed by atoms with van der Waals surface area (Å²) >= 11 is 0. The molecule has 0 heterocycles. The number of unbranched alkanes of at least 4 members (excludes halogenated alkanes) is 1. The number of benzene rings is 1. The maximum atomic E-state index is 12.2. The zero-order chi connectivity index (χ0) is 16.4. The maximum Gasteiger partial charge on any atom is 0.342 e. The Morgan fingerprint density at radius 1 is 1.17 bits per heavy atom. The summed E-state index contributed by atoms with van der Waals surface area (Å²) in [6.07, 6.45) is 1.95. The fourth-order valence-corrected chi connectivity index (χ4v) is 2.08. The SMILES string of the molecule is CCCCOc1c(N)cccc1C(=O)OCCN(CC)CC.[Cl-]. The lowest BCUT2D eigenvalue weighted by Gasteiger charge is -2.18. The summed E-state index contributed by atoms with van der Waals surface area (Å²) in [6.45, 7) is 9.78. The molecule has 0 unspecified atom stereocenters. The molecule has 0 bridgehead atoms. The number of nitrogen functional groups attached to an aromatic ring is 1. The van der Waals surface area contributed by atoms with Gasteiger partial charge in [0.15, 0.2) is 5.75 Å². The van der Waals surface area contributed by atoms with Crippen molar-refractivity contribution in [2.45, 2.75) is 33.6 Å². The Morgan fingerprint density at radius 3 is 2.48 bits per heavy atom. The Labute approximate surface area is 145 Å². The Bertz CT molecular complexity index is 465. The molecule has 0 aliphatic rings. The van der Waals surface area contributed by atoms with Crippen molar-refractivity contribution in [1.29, 1.82) is 0 Å². The summed E-state index contributed by atoms with van der Waals surface area (Å²) < 4.78 is 11.0. The normalized spacial score (nSPS) is 10.3. The monoisotopic (exact) mass is 343 g/mol. The highest BCUT2D eigenvalue weighted by atomic mass is 35.5. The van der Waals surface area contributed by atoms with Crippen LogP contribution >= 0.6 is 0 Å². The molecule has 23 heavy (non-hydrogen) atoms. The van der Waals surface area contributed by atoms with Crippen molar-refractivity contribution in [3.05, 3.63) is 23.8 Å². The number of carbonyl (C=O) groups is 1. The van der Waals surface area contributed by atoms with E-state index in [1.54, 1.807) is 18.2 Å². The second-order valence-corrected chi connectivity index (χ2v) is 5.09. The van der Waals surface area contributed by atoms with Crippen LogP contribution in [0.5, 0.6) is 5.75 Å². The van der Waals surface area contributed by atoms with Gasteiger partial charge in [0.25, 0.3) is 0 Å². The number of rotatable bonds is 10. The molecule has 2 N–H and O–H groups in total. The van der Waals surface area contributed by atoms with E-state index in [2.05, 4.69) is 25.7 Å². The number of nitrogens with zero attached hydrogens (tertiary/aromatic N) is 1. The molecule has 0 aliphatic carbocycles. The number of para-hydroxylation sites is 1. The molecule has 0 saturated heterocycles. The Kier molecular flexibility index (Phi) is 11.3. The fraction of sp³-hybridized carbons (Fsp3) is 0.588. The van der Waals surface area contributed by atoms with Crippen LogP contribution in [0.15, 0.2) is 18.2 Å². The first-order valence-corrected chi connectivity index (χ1v) is 8.04. The number of hydrogen-bond donors (Lipinski definition) is 1. The first-order valence-electron chi connectivity index (χ1n) is 8.04. The standard InChI is InChI=1S/C17H28N2O3.ClH/c1-4-7-12-21-16-14(9-8-10-15(16)18)17(20)22-13-11-19(5-2)6-3;/h8-10H,4-7,11-13,18H2,1-3H3;1H/p-1. The van der Waals surface area contributed by atoms with Crippen molar-refractivity contribution in [3.63, 3.8) is 0 Å². The lowest BCUT2D eigenvalue weighted by molar-refractivity contribution is -0.0000247. The van der Waals surface area contributed by atoms with E-state index < -0.39 is 0 Å². The molecule has 1 rings (SSSR count). The second-order valence-electron chi connectivity index (χ2n) is 5.09. The molecular weight excluding hydrogens is 316 g/mol. The minimum absolute atomic E-state index is 0. The molecule has 0 fully saturated rings. The van der Waals surface area contributed by atoms with Gasteiger partial charge in [-0.05, 0) is 31.6 Å². The predicted molar refractivity (Wildman–Crippen MR) is 89.3 cm³/mol. The molecule has 0 amide bonds. The van der Waals surface area contributed by atoms with Crippen LogP contribution in [0.25, 0.3) is 0 Å². The first-order chi connectivity index (χ1) is 10.6. The van der Waals surface area contributed by atoms with Gasteiger partial charge in [0.1, 0.15) is 12.2 Å². The molecule has 6 heteroatoms. The Morgan fingerprint density at radius 2 is 1.87 bits per heavy atom. The molecule has 0 radical (unpaired) electrons. The molecule has 1 aromatic rings. The van der Waals surface area contributed by atoms with Crippen LogP contribution in [0, 0.1) is 0 Å². The van der Waals surface area contributed by atoms with Crippen molar-refractivity contribution < 1.29 is 26.7 Å². The molecular formula is C17H28ClN2O3-. The van der Waals surface area contributed by atoms with E-state index >= 15 is 0 Å².